The highest BCUT2D eigenvalue weighted by atomic mass is 16.6. The third-order valence-corrected chi connectivity index (χ3v) is 8.90. The maximum Gasteiger partial charge on any atom is 0.333 e. The normalized spacial score (nSPS) is 45.6. The number of ketones is 1. The number of carbonyl (C=O) groups is 2. The second-order valence-electron chi connectivity index (χ2n) is 10.7. The molecule has 0 bridgehead atoms. The fourth-order valence-electron chi connectivity index (χ4n) is 6.96. The van der Waals surface area contributed by atoms with Crippen LogP contribution in [-0.4, -0.2) is 50.5 Å². The van der Waals surface area contributed by atoms with E-state index >= 15 is 0 Å². The van der Waals surface area contributed by atoms with Crippen LogP contribution < -0.4 is 0 Å². The molecular formula is C25H34O6. The van der Waals surface area contributed by atoms with Crippen molar-refractivity contribution in [2.75, 3.05) is 6.61 Å². The fraction of sp³-hybridized carbons (Fsp3) is 0.680. The zero-order valence-electron chi connectivity index (χ0n) is 19.2. The van der Waals surface area contributed by atoms with Crippen molar-refractivity contribution in [3.05, 3.63) is 34.9 Å². The number of esters is 1. The first kappa shape index (κ1) is 22.4. The van der Waals surface area contributed by atoms with Crippen LogP contribution >= 0.6 is 0 Å². The van der Waals surface area contributed by atoms with Gasteiger partial charge in [0.25, 0.3) is 0 Å². The standard InChI is InChI=1S/C25H34O6/c1-7-13(2)21(28)31-24-10-15(4)25(30)17(19(24)22(24,5)6)9-16(12-26)11-23(29)18(25)8-14(3)20(23)27/h7-9,15,17-19,26,29-30H,10-12H2,1-6H3/b13-7-/t15-,17+,18+,19-,23-,24+,25-/m1/s1. The van der Waals surface area contributed by atoms with Crippen LogP contribution in [0.25, 0.3) is 0 Å². The van der Waals surface area contributed by atoms with E-state index in [0.29, 0.717) is 23.1 Å². The molecule has 2 fully saturated rings. The Labute approximate surface area is 183 Å². The van der Waals surface area contributed by atoms with Gasteiger partial charge in [0.15, 0.2) is 5.78 Å². The van der Waals surface area contributed by atoms with E-state index in [1.165, 1.54) is 0 Å². The third-order valence-electron chi connectivity index (χ3n) is 8.90. The summed E-state index contributed by atoms with van der Waals surface area (Å²) in [6.45, 7) is 10.9. The minimum absolute atomic E-state index is 0.00993. The minimum Gasteiger partial charge on any atom is -0.455 e. The highest BCUT2D eigenvalue weighted by Crippen LogP contribution is 2.76. The molecule has 7 atom stereocenters. The summed E-state index contributed by atoms with van der Waals surface area (Å²) in [5.74, 6) is -2.55. The summed E-state index contributed by atoms with van der Waals surface area (Å²) in [6.07, 6.45) is 5.70. The van der Waals surface area contributed by atoms with Crippen LogP contribution in [-0.2, 0) is 14.3 Å². The highest BCUT2D eigenvalue weighted by molar-refractivity contribution is 6.04. The van der Waals surface area contributed by atoms with Crippen LogP contribution in [0, 0.1) is 29.1 Å². The number of hydrogen-bond donors (Lipinski definition) is 3. The molecule has 6 heteroatoms. The maximum absolute atomic E-state index is 12.9. The predicted octanol–water partition coefficient (Wildman–Crippen LogP) is 2.48. The van der Waals surface area contributed by atoms with Crippen molar-refractivity contribution in [3.63, 3.8) is 0 Å². The van der Waals surface area contributed by atoms with Crippen molar-refractivity contribution in [2.45, 2.75) is 71.2 Å². The van der Waals surface area contributed by atoms with Gasteiger partial charge in [-0.2, -0.15) is 0 Å². The van der Waals surface area contributed by atoms with Crippen LogP contribution in [0.3, 0.4) is 0 Å². The molecule has 0 saturated heterocycles. The summed E-state index contributed by atoms with van der Waals surface area (Å²) in [4.78, 5) is 25.6. The molecule has 0 aromatic carbocycles. The second-order valence-corrected chi connectivity index (χ2v) is 10.7. The Balaban J connectivity index is 1.85. The number of rotatable bonds is 3. The number of aliphatic hydroxyl groups excluding tert-OH is 1. The number of Topliss-reactive ketones (excluding diaryl/α,β-unsaturated/α-hetero) is 1. The van der Waals surface area contributed by atoms with Gasteiger partial charge in [0.1, 0.15) is 11.2 Å². The van der Waals surface area contributed by atoms with Gasteiger partial charge >= 0.3 is 5.97 Å². The molecule has 0 heterocycles. The highest BCUT2D eigenvalue weighted by Gasteiger charge is 2.83. The first-order valence-corrected chi connectivity index (χ1v) is 11.2. The quantitative estimate of drug-likeness (QED) is 0.361. The van der Waals surface area contributed by atoms with Crippen molar-refractivity contribution >= 4 is 11.8 Å². The molecule has 0 amide bonds. The molecule has 0 radical (unpaired) electrons. The van der Waals surface area contributed by atoms with E-state index in [2.05, 4.69) is 0 Å². The van der Waals surface area contributed by atoms with E-state index in [9.17, 15) is 24.9 Å². The molecule has 0 aromatic rings. The zero-order valence-corrected chi connectivity index (χ0v) is 19.2. The van der Waals surface area contributed by atoms with Gasteiger partial charge in [-0.25, -0.2) is 4.79 Å². The summed E-state index contributed by atoms with van der Waals surface area (Å²) in [5.41, 5.74) is -2.81. The predicted molar refractivity (Wildman–Crippen MR) is 115 cm³/mol. The molecule has 4 aliphatic carbocycles. The number of carbonyl (C=O) groups excluding carboxylic acids is 2. The summed E-state index contributed by atoms with van der Waals surface area (Å²) >= 11 is 0. The molecule has 170 valence electrons. The molecule has 2 saturated carbocycles. The molecule has 4 aliphatic rings. The lowest BCUT2D eigenvalue weighted by molar-refractivity contribution is -0.185. The fourth-order valence-corrected chi connectivity index (χ4v) is 6.96. The van der Waals surface area contributed by atoms with E-state index in [0.717, 1.165) is 0 Å². The van der Waals surface area contributed by atoms with Gasteiger partial charge in [-0.3, -0.25) is 4.79 Å². The van der Waals surface area contributed by atoms with Gasteiger partial charge in [0, 0.05) is 35.2 Å². The van der Waals surface area contributed by atoms with Crippen LogP contribution in [0.5, 0.6) is 0 Å². The van der Waals surface area contributed by atoms with E-state index < -0.39 is 34.1 Å². The number of allylic oxidation sites excluding steroid dienone is 1. The van der Waals surface area contributed by atoms with Gasteiger partial charge in [0.05, 0.1) is 12.2 Å². The Hall–Kier alpha value is -1.76. The average Bonchev–Trinajstić information content (AvgIpc) is 3.11. The van der Waals surface area contributed by atoms with Crippen molar-refractivity contribution < 1.29 is 29.6 Å². The summed E-state index contributed by atoms with van der Waals surface area (Å²) < 4.78 is 6.12. The molecule has 0 aromatic heterocycles. The van der Waals surface area contributed by atoms with Gasteiger partial charge in [-0.1, -0.05) is 39.0 Å². The summed E-state index contributed by atoms with van der Waals surface area (Å²) in [6, 6.07) is 0. The second kappa shape index (κ2) is 6.63. The molecule has 6 nitrogen and oxygen atoms in total. The first-order valence-electron chi connectivity index (χ1n) is 11.2. The summed E-state index contributed by atoms with van der Waals surface area (Å²) in [5, 5.41) is 33.7. The van der Waals surface area contributed by atoms with Crippen molar-refractivity contribution in [3.8, 4) is 0 Å². The molecule has 31 heavy (non-hydrogen) atoms. The SMILES string of the molecule is C/C=C(/C)C(=O)O[C@@]12C[C@@H](C)[C@]3(O)[C@H]4C=C(C)C(=O)[C@@]4(O)CC(CO)=C[C@H]3[C@@H]1C2(C)C. The first-order chi connectivity index (χ1) is 14.3. The Bertz CT molecular complexity index is 942. The maximum atomic E-state index is 12.9. The number of aliphatic hydroxyl groups is 3. The molecule has 0 unspecified atom stereocenters. The zero-order chi connectivity index (χ0) is 23.1. The lowest BCUT2D eigenvalue weighted by Gasteiger charge is -2.50. The van der Waals surface area contributed by atoms with Crippen molar-refractivity contribution in [1.29, 1.82) is 0 Å². The molecule has 0 aliphatic heterocycles. The Morgan fingerprint density at radius 1 is 1.29 bits per heavy atom. The smallest absolute Gasteiger partial charge is 0.333 e. The van der Waals surface area contributed by atoms with Crippen LogP contribution in [0.2, 0.25) is 0 Å². The largest absolute Gasteiger partial charge is 0.455 e. The van der Waals surface area contributed by atoms with Crippen molar-refractivity contribution in [2.24, 2.45) is 29.1 Å². The molecule has 4 rings (SSSR count). The minimum atomic E-state index is -1.77. The topological polar surface area (TPSA) is 104 Å². The van der Waals surface area contributed by atoms with Gasteiger partial charge in [-0.05, 0) is 44.3 Å². The van der Waals surface area contributed by atoms with Gasteiger partial charge in [-0.15, -0.1) is 0 Å². The molecule has 0 spiro atoms. The lowest BCUT2D eigenvalue weighted by atomic mass is 9.60. The van der Waals surface area contributed by atoms with Crippen LogP contribution in [0.15, 0.2) is 34.9 Å². The van der Waals surface area contributed by atoms with E-state index in [-0.39, 0.29) is 36.6 Å². The Morgan fingerprint density at radius 2 is 1.94 bits per heavy atom. The number of fused-ring (bicyclic) bond motifs is 5. The van der Waals surface area contributed by atoms with E-state index in [4.69, 9.17) is 4.74 Å². The van der Waals surface area contributed by atoms with E-state index in [1.807, 2.05) is 26.8 Å². The van der Waals surface area contributed by atoms with Crippen LogP contribution in [0.4, 0.5) is 0 Å². The monoisotopic (exact) mass is 430 g/mol. The lowest BCUT2D eigenvalue weighted by Crippen LogP contribution is -2.61. The number of hydrogen-bond acceptors (Lipinski definition) is 6. The van der Waals surface area contributed by atoms with E-state index in [1.54, 1.807) is 32.9 Å². The van der Waals surface area contributed by atoms with Gasteiger partial charge < -0.3 is 20.1 Å². The molecule has 3 N–H and O–H groups in total. The van der Waals surface area contributed by atoms with Crippen LogP contribution in [0.1, 0.15) is 54.4 Å². The van der Waals surface area contributed by atoms with Gasteiger partial charge in [0.2, 0.25) is 0 Å². The molecular weight excluding hydrogens is 396 g/mol. The average molecular weight is 431 g/mol. The Kier molecular flexibility index (Phi) is 4.79. The Morgan fingerprint density at radius 3 is 2.52 bits per heavy atom. The van der Waals surface area contributed by atoms with Crippen molar-refractivity contribution in [1.82, 2.24) is 0 Å². The third kappa shape index (κ3) is 2.61. The number of ether oxygens (including phenoxy) is 1. The summed E-state index contributed by atoms with van der Waals surface area (Å²) in [7, 11) is 0.